The molecule has 2 atom stereocenters. The molecule has 0 radical (unpaired) electrons. The quantitative estimate of drug-likeness (QED) is 0.574. The number of ether oxygens (including phenoxy) is 1. The number of methoxy groups -OCH3 is 1. The van der Waals surface area contributed by atoms with Gasteiger partial charge in [-0.2, -0.15) is 0 Å². The average Bonchev–Trinajstić information content (AvgIpc) is 3.31. The molecule has 4 rings (SSSR count). The zero-order valence-corrected chi connectivity index (χ0v) is 16.8. The summed E-state index contributed by atoms with van der Waals surface area (Å²) in [5.41, 5.74) is 2.65. The van der Waals surface area contributed by atoms with Crippen LogP contribution in [0.1, 0.15) is 34.1 Å². The first-order valence-electron chi connectivity index (χ1n) is 9.00. The third kappa shape index (κ3) is 3.78. The lowest BCUT2D eigenvalue weighted by Crippen LogP contribution is -2.44. The number of aromatic amines is 1. The molecule has 0 aliphatic heterocycles. The predicted molar refractivity (Wildman–Crippen MR) is 110 cm³/mol. The maximum Gasteiger partial charge on any atom is 0.268 e. The van der Waals surface area contributed by atoms with E-state index in [1.54, 1.807) is 13.2 Å². The molecular formula is C20H20ClN3O3S. The van der Waals surface area contributed by atoms with Crippen molar-refractivity contribution in [2.45, 2.75) is 24.9 Å². The summed E-state index contributed by atoms with van der Waals surface area (Å²) in [5, 5.41) is 7.04. The number of carbonyl (C=O) groups excluding carboxylic acids is 2. The molecule has 2 heterocycles. The number of hydrogen-bond acceptors (Lipinski definition) is 4. The molecule has 2 amide bonds. The summed E-state index contributed by atoms with van der Waals surface area (Å²) < 4.78 is 5.66. The number of amides is 2. The van der Waals surface area contributed by atoms with Gasteiger partial charge in [0, 0.05) is 18.9 Å². The van der Waals surface area contributed by atoms with Crippen molar-refractivity contribution in [2.24, 2.45) is 0 Å². The van der Waals surface area contributed by atoms with Gasteiger partial charge in [0.15, 0.2) is 0 Å². The van der Waals surface area contributed by atoms with Gasteiger partial charge < -0.3 is 20.4 Å². The van der Waals surface area contributed by atoms with E-state index >= 15 is 0 Å². The van der Waals surface area contributed by atoms with Crippen molar-refractivity contribution in [3.05, 3.63) is 57.6 Å². The first-order valence-corrected chi connectivity index (χ1v) is 10.2. The minimum absolute atomic E-state index is 0.0992. The minimum Gasteiger partial charge on any atom is -0.384 e. The fraction of sp³-hybridized carbons (Fsp3) is 0.300. The van der Waals surface area contributed by atoms with Crippen LogP contribution in [-0.2, 0) is 16.0 Å². The van der Waals surface area contributed by atoms with Gasteiger partial charge in [-0.25, -0.2) is 0 Å². The fourth-order valence-corrected chi connectivity index (χ4v) is 4.74. The Morgan fingerprint density at radius 2 is 2.11 bits per heavy atom. The van der Waals surface area contributed by atoms with Crippen molar-refractivity contribution in [3.63, 3.8) is 0 Å². The Hall–Kier alpha value is -2.35. The van der Waals surface area contributed by atoms with E-state index in [2.05, 4.69) is 15.6 Å². The Bertz CT molecular complexity index is 997. The lowest BCUT2D eigenvalue weighted by molar-refractivity contribution is -0.122. The summed E-state index contributed by atoms with van der Waals surface area (Å²) in [7, 11) is 1.57. The van der Waals surface area contributed by atoms with Crippen molar-refractivity contribution in [3.8, 4) is 0 Å². The minimum atomic E-state index is -0.268. The second kappa shape index (κ2) is 7.95. The number of fused-ring (bicyclic) bond motifs is 2. The largest absolute Gasteiger partial charge is 0.384 e. The molecule has 0 bridgehead atoms. The lowest BCUT2D eigenvalue weighted by Gasteiger charge is -2.23. The number of nitrogens with one attached hydrogen (secondary N) is 3. The SMILES string of the molecule is COCCC(=O)N[C@H]1c2ccccc2C[C@H]1NC(=O)c1cc2cc(Cl)sc2[nH]1. The Balaban J connectivity index is 1.52. The molecule has 0 unspecified atom stereocenters. The number of carbonyl (C=O) groups is 2. The molecule has 0 fully saturated rings. The van der Waals surface area contributed by atoms with Gasteiger partial charge in [-0.3, -0.25) is 9.59 Å². The summed E-state index contributed by atoms with van der Waals surface area (Å²) in [6.45, 7) is 0.360. The van der Waals surface area contributed by atoms with Crippen LogP contribution in [0, 0.1) is 0 Å². The first kappa shape index (κ1) is 19.0. The predicted octanol–water partition coefficient (Wildman–Crippen LogP) is 3.43. The molecule has 0 spiro atoms. The topological polar surface area (TPSA) is 83.2 Å². The van der Waals surface area contributed by atoms with E-state index in [9.17, 15) is 9.59 Å². The standard InChI is InChI=1S/C20H20ClN3O3S/c1-27-7-6-17(25)24-18-13-5-3-2-4-11(13)8-14(18)22-19(26)15-9-12-10-16(21)28-20(12)23-15/h2-5,9-10,14,18,23H,6-8H2,1H3,(H,22,26)(H,24,25)/t14-,18+/m1/s1. The second-order valence-electron chi connectivity index (χ2n) is 6.79. The van der Waals surface area contributed by atoms with Gasteiger partial charge in [-0.05, 0) is 29.7 Å². The third-order valence-corrected chi connectivity index (χ3v) is 6.12. The Labute approximate surface area is 171 Å². The van der Waals surface area contributed by atoms with E-state index in [1.165, 1.54) is 11.3 Å². The smallest absolute Gasteiger partial charge is 0.268 e. The van der Waals surface area contributed by atoms with E-state index in [1.807, 2.05) is 30.3 Å². The highest BCUT2D eigenvalue weighted by molar-refractivity contribution is 7.22. The lowest BCUT2D eigenvalue weighted by atomic mass is 10.1. The highest BCUT2D eigenvalue weighted by Gasteiger charge is 2.34. The van der Waals surface area contributed by atoms with E-state index < -0.39 is 0 Å². The maximum absolute atomic E-state index is 12.8. The van der Waals surface area contributed by atoms with Crippen LogP contribution in [0.2, 0.25) is 4.34 Å². The van der Waals surface area contributed by atoms with E-state index in [-0.39, 0.29) is 30.3 Å². The summed E-state index contributed by atoms with van der Waals surface area (Å²) in [6.07, 6.45) is 0.946. The molecule has 0 saturated heterocycles. The van der Waals surface area contributed by atoms with Gasteiger partial charge in [-0.15, -0.1) is 11.3 Å². The monoisotopic (exact) mass is 417 g/mol. The Morgan fingerprint density at radius 3 is 2.89 bits per heavy atom. The number of thiophene rings is 1. The van der Waals surface area contributed by atoms with E-state index in [0.29, 0.717) is 23.1 Å². The molecule has 1 aliphatic rings. The third-order valence-electron chi connectivity index (χ3n) is 4.92. The van der Waals surface area contributed by atoms with Crippen LogP contribution in [0.4, 0.5) is 0 Å². The van der Waals surface area contributed by atoms with Gasteiger partial charge >= 0.3 is 0 Å². The number of benzene rings is 1. The molecule has 1 aromatic carbocycles. The number of aromatic nitrogens is 1. The summed E-state index contributed by atoms with van der Waals surface area (Å²) in [4.78, 5) is 29.0. The highest BCUT2D eigenvalue weighted by Crippen LogP contribution is 2.32. The van der Waals surface area contributed by atoms with Gasteiger partial charge in [0.25, 0.3) is 5.91 Å². The van der Waals surface area contributed by atoms with Gasteiger partial charge in [0.2, 0.25) is 5.91 Å². The molecule has 2 aromatic heterocycles. The maximum atomic E-state index is 12.8. The van der Waals surface area contributed by atoms with Crippen LogP contribution in [-0.4, -0.2) is 36.6 Å². The average molecular weight is 418 g/mol. The number of rotatable bonds is 6. The van der Waals surface area contributed by atoms with Gasteiger partial charge in [0.1, 0.15) is 10.5 Å². The number of hydrogen-bond donors (Lipinski definition) is 3. The van der Waals surface area contributed by atoms with Crippen molar-refractivity contribution >= 4 is 45.0 Å². The molecule has 3 aromatic rings. The summed E-state index contributed by atoms with van der Waals surface area (Å²) in [5.74, 6) is -0.300. The molecule has 3 N–H and O–H groups in total. The molecule has 1 aliphatic carbocycles. The number of H-pyrrole nitrogens is 1. The molecule has 6 nitrogen and oxygen atoms in total. The Kier molecular flexibility index (Phi) is 5.39. The first-order chi connectivity index (χ1) is 13.5. The zero-order chi connectivity index (χ0) is 19.7. The molecular weight excluding hydrogens is 398 g/mol. The molecule has 0 saturated carbocycles. The fourth-order valence-electron chi connectivity index (χ4n) is 3.61. The van der Waals surface area contributed by atoms with Crippen LogP contribution in [0.15, 0.2) is 36.4 Å². The summed E-state index contributed by atoms with van der Waals surface area (Å²) >= 11 is 7.40. The van der Waals surface area contributed by atoms with Crippen LogP contribution in [0.5, 0.6) is 0 Å². The highest BCUT2D eigenvalue weighted by atomic mass is 35.5. The van der Waals surface area contributed by atoms with Crippen LogP contribution < -0.4 is 10.6 Å². The van der Waals surface area contributed by atoms with Gasteiger partial charge in [0.05, 0.1) is 23.0 Å². The normalized spacial score (nSPS) is 18.2. The van der Waals surface area contributed by atoms with Crippen LogP contribution >= 0.6 is 22.9 Å². The molecule has 8 heteroatoms. The van der Waals surface area contributed by atoms with Gasteiger partial charge in [-0.1, -0.05) is 35.9 Å². The van der Waals surface area contributed by atoms with Crippen molar-refractivity contribution in [2.75, 3.05) is 13.7 Å². The van der Waals surface area contributed by atoms with Crippen molar-refractivity contribution in [1.29, 1.82) is 0 Å². The second-order valence-corrected chi connectivity index (χ2v) is 8.47. The van der Waals surface area contributed by atoms with Crippen molar-refractivity contribution < 1.29 is 14.3 Å². The number of halogens is 1. The molecule has 28 heavy (non-hydrogen) atoms. The summed E-state index contributed by atoms with van der Waals surface area (Å²) in [6, 6.07) is 11.1. The van der Waals surface area contributed by atoms with Crippen molar-refractivity contribution in [1.82, 2.24) is 15.6 Å². The van der Waals surface area contributed by atoms with Crippen LogP contribution in [0.3, 0.4) is 0 Å². The van der Waals surface area contributed by atoms with E-state index in [0.717, 1.165) is 21.3 Å². The Morgan fingerprint density at radius 1 is 1.29 bits per heavy atom. The van der Waals surface area contributed by atoms with Crippen LogP contribution in [0.25, 0.3) is 10.2 Å². The van der Waals surface area contributed by atoms with E-state index in [4.69, 9.17) is 16.3 Å². The molecule has 146 valence electrons. The zero-order valence-electron chi connectivity index (χ0n) is 15.3.